The summed E-state index contributed by atoms with van der Waals surface area (Å²) in [4.78, 5) is 0. The summed E-state index contributed by atoms with van der Waals surface area (Å²) in [6.45, 7) is 4.67. The third-order valence-corrected chi connectivity index (χ3v) is 5.61. The number of hydrogen-bond acceptors (Lipinski definition) is 1. The quantitative estimate of drug-likeness (QED) is 0.292. The first-order valence-corrected chi connectivity index (χ1v) is 11.4. The summed E-state index contributed by atoms with van der Waals surface area (Å²) in [7, 11) is 0. The Morgan fingerprint density at radius 2 is 1.29 bits per heavy atom. The van der Waals surface area contributed by atoms with Gasteiger partial charge in [0.15, 0.2) is 0 Å². The van der Waals surface area contributed by atoms with Gasteiger partial charge in [-0.25, -0.2) is 0 Å². The second-order valence-corrected chi connectivity index (χ2v) is 8.07. The molecule has 0 saturated carbocycles. The Labute approximate surface area is 192 Å². The van der Waals surface area contributed by atoms with E-state index in [1.165, 1.54) is 16.7 Å². The van der Waals surface area contributed by atoms with Gasteiger partial charge in [-0.05, 0) is 80.0 Å². The molecule has 0 bridgehead atoms. The van der Waals surface area contributed by atoms with Gasteiger partial charge in [0.05, 0.1) is 0 Å². The predicted octanol–water partition coefficient (Wildman–Crippen LogP) is 8.60. The lowest BCUT2D eigenvalue weighted by atomic mass is 10.0. The van der Waals surface area contributed by atoms with Crippen molar-refractivity contribution in [2.45, 2.75) is 46.1 Å². The monoisotopic (exact) mass is 430 g/mol. The van der Waals surface area contributed by atoms with E-state index in [2.05, 4.69) is 85.8 Å². The maximum Gasteiger partial charge on any atom is 0.119 e. The lowest BCUT2D eigenvalue weighted by molar-refractivity contribution is 0.306. The van der Waals surface area contributed by atoms with Crippen LogP contribution in [0, 0.1) is 0 Å². The molecular formula is C29H31ClO. The van der Waals surface area contributed by atoms with E-state index in [4.69, 9.17) is 16.3 Å². The number of halogens is 1. The van der Waals surface area contributed by atoms with Crippen molar-refractivity contribution in [3.63, 3.8) is 0 Å². The lowest BCUT2D eigenvalue weighted by Crippen LogP contribution is -1.96. The molecule has 2 heteroatoms. The van der Waals surface area contributed by atoms with E-state index in [1.54, 1.807) is 0 Å². The number of aryl methyl sites for hydroxylation is 2. The lowest BCUT2D eigenvalue weighted by Gasteiger charge is -2.10. The Bertz CT molecular complexity index is 998. The molecule has 3 aromatic rings. The zero-order valence-electron chi connectivity index (χ0n) is 18.5. The summed E-state index contributed by atoms with van der Waals surface area (Å²) in [6, 6.07) is 23.2. The van der Waals surface area contributed by atoms with Crippen molar-refractivity contribution >= 4 is 11.6 Å². The Hall–Kier alpha value is -2.77. The molecular weight excluding hydrogens is 400 g/mol. The number of hydrogen-bond donors (Lipinski definition) is 0. The van der Waals surface area contributed by atoms with Crippen LogP contribution >= 0.6 is 11.6 Å². The summed E-state index contributed by atoms with van der Waals surface area (Å²) in [5.74, 6) is 0.861. The Kier molecular flexibility index (Phi) is 8.99. The van der Waals surface area contributed by atoms with Crippen molar-refractivity contribution in [2.24, 2.45) is 0 Å². The molecule has 0 radical (unpaired) electrons. The third-order valence-electron chi connectivity index (χ3n) is 5.30. The van der Waals surface area contributed by atoms with E-state index >= 15 is 0 Å². The molecule has 0 unspecified atom stereocenters. The topological polar surface area (TPSA) is 9.23 Å². The van der Waals surface area contributed by atoms with Crippen molar-refractivity contribution in [1.29, 1.82) is 0 Å². The molecule has 3 rings (SSSR count). The highest BCUT2D eigenvalue weighted by Crippen LogP contribution is 2.30. The molecule has 3 aromatic carbocycles. The molecule has 0 fully saturated rings. The number of ether oxygens (including phenoxy) is 1. The fraction of sp³-hybridized carbons (Fsp3) is 0.241. The predicted molar refractivity (Wildman–Crippen MR) is 134 cm³/mol. The average molecular weight is 431 g/mol. The van der Waals surface area contributed by atoms with Gasteiger partial charge in [0.1, 0.15) is 12.4 Å². The summed E-state index contributed by atoms with van der Waals surface area (Å²) < 4.78 is 5.97. The van der Waals surface area contributed by atoms with Crippen LogP contribution in [0.2, 0.25) is 5.02 Å². The van der Waals surface area contributed by atoms with Crippen LogP contribution in [-0.4, -0.2) is 0 Å². The first-order valence-electron chi connectivity index (χ1n) is 11.0. The van der Waals surface area contributed by atoms with Crippen LogP contribution in [0.4, 0.5) is 0 Å². The normalized spacial score (nSPS) is 11.5. The van der Waals surface area contributed by atoms with Crippen molar-refractivity contribution in [3.8, 4) is 16.9 Å². The maximum atomic E-state index is 6.56. The van der Waals surface area contributed by atoms with Gasteiger partial charge in [-0.2, -0.15) is 0 Å². The highest BCUT2D eigenvalue weighted by Gasteiger charge is 2.06. The van der Waals surface area contributed by atoms with Gasteiger partial charge in [-0.1, -0.05) is 84.4 Å². The van der Waals surface area contributed by atoms with E-state index < -0.39 is 0 Å². The van der Waals surface area contributed by atoms with E-state index in [9.17, 15) is 0 Å². The van der Waals surface area contributed by atoms with Crippen LogP contribution in [0.5, 0.6) is 5.75 Å². The zero-order chi connectivity index (χ0) is 21.9. The van der Waals surface area contributed by atoms with Crippen LogP contribution < -0.4 is 4.74 Å². The SMILES string of the molecule is C/C=C/CCc1ccc(COc2ccc(-c3ccc(CC/C=C/C)cc3Cl)cc2)cc1. The largest absolute Gasteiger partial charge is 0.489 e. The smallest absolute Gasteiger partial charge is 0.119 e. The number of benzene rings is 3. The molecule has 0 heterocycles. The highest BCUT2D eigenvalue weighted by molar-refractivity contribution is 6.33. The van der Waals surface area contributed by atoms with E-state index in [0.717, 1.165) is 47.6 Å². The maximum absolute atomic E-state index is 6.56. The van der Waals surface area contributed by atoms with E-state index in [0.29, 0.717) is 6.61 Å². The molecule has 0 aliphatic rings. The van der Waals surface area contributed by atoms with Crippen molar-refractivity contribution < 1.29 is 4.74 Å². The Morgan fingerprint density at radius 1 is 0.710 bits per heavy atom. The van der Waals surface area contributed by atoms with Gasteiger partial charge in [0, 0.05) is 10.6 Å². The van der Waals surface area contributed by atoms with E-state index in [1.807, 2.05) is 19.1 Å². The molecule has 160 valence electrons. The van der Waals surface area contributed by atoms with Crippen LogP contribution in [0.1, 0.15) is 43.4 Å². The molecule has 1 nitrogen and oxygen atoms in total. The highest BCUT2D eigenvalue weighted by atomic mass is 35.5. The molecule has 0 spiro atoms. The summed E-state index contributed by atoms with van der Waals surface area (Å²) in [5.41, 5.74) is 5.95. The van der Waals surface area contributed by atoms with Crippen molar-refractivity contribution in [2.75, 3.05) is 0 Å². The first-order chi connectivity index (χ1) is 15.2. The molecule has 0 atom stereocenters. The number of allylic oxidation sites excluding steroid dienone is 4. The molecule has 0 amide bonds. The third kappa shape index (κ3) is 7.15. The fourth-order valence-electron chi connectivity index (χ4n) is 3.48. The molecule has 0 saturated heterocycles. The van der Waals surface area contributed by atoms with Gasteiger partial charge in [0.25, 0.3) is 0 Å². The van der Waals surface area contributed by atoms with Crippen LogP contribution in [0.25, 0.3) is 11.1 Å². The van der Waals surface area contributed by atoms with Gasteiger partial charge < -0.3 is 4.74 Å². The van der Waals surface area contributed by atoms with Gasteiger partial charge in [-0.3, -0.25) is 0 Å². The second kappa shape index (κ2) is 12.2. The van der Waals surface area contributed by atoms with Crippen LogP contribution in [0.15, 0.2) is 91.0 Å². The second-order valence-electron chi connectivity index (χ2n) is 7.66. The van der Waals surface area contributed by atoms with Gasteiger partial charge >= 0.3 is 0 Å². The average Bonchev–Trinajstić information content (AvgIpc) is 2.79. The molecule has 0 aliphatic heterocycles. The van der Waals surface area contributed by atoms with Gasteiger partial charge in [-0.15, -0.1) is 0 Å². The van der Waals surface area contributed by atoms with Crippen molar-refractivity contribution in [3.05, 3.63) is 113 Å². The minimum Gasteiger partial charge on any atom is -0.489 e. The van der Waals surface area contributed by atoms with Gasteiger partial charge in [0.2, 0.25) is 0 Å². The van der Waals surface area contributed by atoms with Crippen molar-refractivity contribution in [1.82, 2.24) is 0 Å². The standard InChI is InChI=1S/C29H31ClO/c1-3-5-7-9-23-11-13-25(14-12-23)22-31-27-18-16-26(17-19-27)28-20-15-24(21-29(28)30)10-8-6-4-2/h3-6,11-21H,7-10,22H2,1-2H3/b5-3+,6-4+. The summed E-state index contributed by atoms with van der Waals surface area (Å²) in [6.07, 6.45) is 12.8. The molecule has 0 N–H and O–H groups in total. The summed E-state index contributed by atoms with van der Waals surface area (Å²) >= 11 is 6.56. The molecule has 0 aliphatic carbocycles. The number of rotatable bonds is 10. The summed E-state index contributed by atoms with van der Waals surface area (Å²) in [5, 5.41) is 0.793. The first kappa shape index (κ1) is 22.9. The molecule has 31 heavy (non-hydrogen) atoms. The fourth-order valence-corrected chi connectivity index (χ4v) is 3.79. The zero-order valence-corrected chi connectivity index (χ0v) is 19.2. The minimum absolute atomic E-state index is 0.566. The van der Waals surface area contributed by atoms with Crippen LogP contribution in [-0.2, 0) is 19.4 Å². The molecule has 0 aromatic heterocycles. The van der Waals surface area contributed by atoms with E-state index in [-0.39, 0.29) is 0 Å². The Balaban J connectivity index is 1.56. The Morgan fingerprint density at radius 3 is 1.90 bits per heavy atom. The minimum atomic E-state index is 0.566. The van der Waals surface area contributed by atoms with Crippen LogP contribution in [0.3, 0.4) is 0 Å².